The quantitative estimate of drug-likeness (QED) is 0.0222. The minimum atomic E-state index is -4.97. The highest BCUT2D eigenvalue weighted by Gasteiger charge is 2.30. The van der Waals surface area contributed by atoms with Crippen LogP contribution in [0.1, 0.15) is 478 Å². The summed E-state index contributed by atoms with van der Waals surface area (Å²) in [5.41, 5.74) is 0. The van der Waals surface area contributed by atoms with Crippen molar-refractivity contribution in [2.45, 2.75) is 496 Å². The SMILES string of the molecule is CCCCCCCCCCCCCCCCCCCCC(=O)OC[C@H](COP(=O)(O)OC[C@@H](O)COP(=O)(O)OC[C@@H](COC(=O)CCCCCCCCCCCCCCC)OC(=O)CCCCCCCCCCCCCCCCCCC)OC(=O)CCCCCCCCCCCCCCCCCCC(C)C. The summed E-state index contributed by atoms with van der Waals surface area (Å²) in [5, 5.41) is 10.7. The van der Waals surface area contributed by atoms with Crippen LogP contribution in [0.15, 0.2) is 0 Å². The summed E-state index contributed by atoms with van der Waals surface area (Å²) in [5.74, 6) is -1.28. The fraction of sp³-hybridized carbons (Fsp3) is 0.955. The number of carbonyl (C=O) groups is 4. The zero-order valence-corrected chi connectivity index (χ0v) is 72.1. The van der Waals surface area contributed by atoms with Gasteiger partial charge < -0.3 is 33.8 Å². The highest BCUT2D eigenvalue weighted by Crippen LogP contribution is 2.45. The number of rotatable bonds is 88. The van der Waals surface area contributed by atoms with E-state index in [1.165, 1.54) is 302 Å². The second-order valence-corrected chi connectivity index (χ2v) is 35.0. The van der Waals surface area contributed by atoms with Gasteiger partial charge in [0.1, 0.15) is 19.3 Å². The lowest BCUT2D eigenvalue weighted by Crippen LogP contribution is -2.30. The number of phosphoric ester groups is 2. The van der Waals surface area contributed by atoms with Crippen molar-refractivity contribution in [1.29, 1.82) is 0 Å². The Morgan fingerprint density at radius 2 is 0.430 bits per heavy atom. The van der Waals surface area contributed by atoms with E-state index in [4.69, 9.17) is 37.0 Å². The van der Waals surface area contributed by atoms with Crippen LogP contribution in [0.5, 0.6) is 0 Å². The molecule has 0 aliphatic heterocycles. The van der Waals surface area contributed by atoms with Crippen molar-refractivity contribution in [2.24, 2.45) is 5.92 Å². The largest absolute Gasteiger partial charge is 0.472 e. The van der Waals surface area contributed by atoms with Crippen LogP contribution in [-0.2, 0) is 65.4 Å². The molecule has 0 saturated heterocycles. The molecule has 0 aromatic heterocycles. The van der Waals surface area contributed by atoms with Crippen LogP contribution in [0.4, 0.5) is 0 Å². The molecule has 636 valence electrons. The standard InChI is InChI=1S/C88H172O17P2/c1-6-9-12-15-18-21-24-27-29-31-33-37-42-47-52-57-62-67-72-86(91)99-78-84(105-88(93)74-69-64-59-54-49-44-39-35-34-36-41-45-50-55-60-65-70-81(4)5)80-103-107(96,97)101-76-82(89)75-100-106(94,95)102-79-83(77-98-85(90)71-66-61-56-51-46-40-26-23-20-17-14-11-8-3)104-87(92)73-68-63-58-53-48-43-38-32-30-28-25-22-19-16-13-10-7-2/h81-84,89H,6-80H2,1-5H3,(H,94,95)(H,96,97)/t82-,83+,84+/m0/s1. The zero-order chi connectivity index (χ0) is 78.3. The van der Waals surface area contributed by atoms with Crippen molar-refractivity contribution >= 4 is 39.5 Å². The van der Waals surface area contributed by atoms with Gasteiger partial charge in [0.15, 0.2) is 12.2 Å². The van der Waals surface area contributed by atoms with Gasteiger partial charge in [0.05, 0.1) is 26.4 Å². The van der Waals surface area contributed by atoms with E-state index >= 15 is 0 Å². The van der Waals surface area contributed by atoms with E-state index < -0.39 is 97.5 Å². The number of aliphatic hydroxyl groups is 1. The summed E-state index contributed by atoms with van der Waals surface area (Å²) in [4.78, 5) is 73.4. The Hall–Kier alpha value is -1.94. The summed E-state index contributed by atoms with van der Waals surface area (Å²) < 4.78 is 69.0. The van der Waals surface area contributed by atoms with Gasteiger partial charge in [-0.3, -0.25) is 37.3 Å². The molecule has 19 heteroatoms. The summed E-state index contributed by atoms with van der Waals surface area (Å²) in [7, 11) is -9.93. The normalized spacial score (nSPS) is 13.7. The summed E-state index contributed by atoms with van der Waals surface area (Å²) in [6, 6.07) is 0. The van der Waals surface area contributed by atoms with Crippen molar-refractivity contribution in [3.8, 4) is 0 Å². The average Bonchev–Trinajstić information content (AvgIpc) is 0.905. The van der Waals surface area contributed by atoms with Gasteiger partial charge in [-0.25, -0.2) is 9.13 Å². The van der Waals surface area contributed by atoms with Crippen LogP contribution in [0.2, 0.25) is 0 Å². The molecule has 0 amide bonds. The average molecular weight is 1560 g/mol. The Morgan fingerprint density at radius 3 is 0.636 bits per heavy atom. The molecule has 0 aliphatic carbocycles. The van der Waals surface area contributed by atoms with Crippen molar-refractivity contribution in [1.82, 2.24) is 0 Å². The molecule has 17 nitrogen and oxygen atoms in total. The molecule has 0 bridgehead atoms. The van der Waals surface area contributed by atoms with Gasteiger partial charge in [-0.2, -0.15) is 0 Å². The molecule has 0 rings (SSSR count). The molecule has 0 radical (unpaired) electrons. The third-order valence-electron chi connectivity index (χ3n) is 20.8. The van der Waals surface area contributed by atoms with Crippen molar-refractivity contribution in [3.05, 3.63) is 0 Å². The molecular formula is C88H172O17P2. The van der Waals surface area contributed by atoms with Gasteiger partial charge in [0.2, 0.25) is 0 Å². The first kappa shape index (κ1) is 105. The first-order valence-electron chi connectivity index (χ1n) is 45.6. The number of ether oxygens (including phenoxy) is 4. The number of esters is 4. The zero-order valence-electron chi connectivity index (χ0n) is 70.3. The minimum absolute atomic E-state index is 0.109. The Kier molecular flexibility index (Phi) is 79.2. The second-order valence-electron chi connectivity index (χ2n) is 32.1. The van der Waals surface area contributed by atoms with Crippen LogP contribution >= 0.6 is 15.6 Å². The topological polar surface area (TPSA) is 237 Å². The van der Waals surface area contributed by atoms with Crippen LogP contribution in [0.25, 0.3) is 0 Å². The number of carbonyl (C=O) groups excluding carboxylic acids is 4. The van der Waals surface area contributed by atoms with Crippen LogP contribution in [0.3, 0.4) is 0 Å². The second kappa shape index (κ2) is 80.7. The molecule has 0 fully saturated rings. The van der Waals surface area contributed by atoms with Gasteiger partial charge >= 0.3 is 39.5 Å². The molecular weight excluding hydrogens is 1390 g/mol. The third kappa shape index (κ3) is 81.9. The van der Waals surface area contributed by atoms with E-state index in [-0.39, 0.29) is 25.7 Å². The van der Waals surface area contributed by atoms with E-state index in [1.807, 2.05) is 0 Å². The van der Waals surface area contributed by atoms with Crippen molar-refractivity contribution < 1.29 is 80.2 Å². The molecule has 5 atom stereocenters. The minimum Gasteiger partial charge on any atom is -0.462 e. The number of phosphoric acid groups is 2. The Labute approximate surface area is 658 Å². The smallest absolute Gasteiger partial charge is 0.462 e. The van der Waals surface area contributed by atoms with Gasteiger partial charge in [0, 0.05) is 25.7 Å². The lowest BCUT2D eigenvalue weighted by atomic mass is 10.0. The third-order valence-corrected chi connectivity index (χ3v) is 22.7. The van der Waals surface area contributed by atoms with Crippen LogP contribution < -0.4 is 0 Å². The predicted octanol–water partition coefficient (Wildman–Crippen LogP) is 27.2. The molecule has 107 heavy (non-hydrogen) atoms. The molecule has 0 aliphatic rings. The Balaban J connectivity index is 5.26. The molecule has 0 aromatic rings. The van der Waals surface area contributed by atoms with E-state index in [0.717, 1.165) is 95.8 Å². The van der Waals surface area contributed by atoms with Crippen molar-refractivity contribution in [3.63, 3.8) is 0 Å². The van der Waals surface area contributed by atoms with Crippen molar-refractivity contribution in [2.75, 3.05) is 39.6 Å². The highest BCUT2D eigenvalue weighted by molar-refractivity contribution is 7.47. The van der Waals surface area contributed by atoms with E-state index in [1.54, 1.807) is 0 Å². The van der Waals surface area contributed by atoms with Gasteiger partial charge in [-0.05, 0) is 31.6 Å². The number of hydrogen-bond acceptors (Lipinski definition) is 15. The maximum atomic E-state index is 13.2. The number of aliphatic hydroxyl groups excluding tert-OH is 1. The fourth-order valence-corrected chi connectivity index (χ4v) is 15.4. The number of unbranched alkanes of at least 4 members (excludes halogenated alkanes) is 60. The summed E-state index contributed by atoms with van der Waals surface area (Å²) in [6.07, 6.45) is 74.8. The van der Waals surface area contributed by atoms with E-state index in [2.05, 4.69) is 34.6 Å². The first-order chi connectivity index (χ1) is 52.0. The molecule has 0 spiro atoms. The molecule has 3 N–H and O–H groups in total. The molecule has 0 aromatic carbocycles. The number of hydrogen-bond donors (Lipinski definition) is 3. The van der Waals surface area contributed by atoms with Gasteiger partial charge in [0.25, 0.3) is 0 Å². The lowest BCUT2D eigenvalue weighted by molar-refractivity contribution is -0.161. The fourth-order valence-electron chi connectivity index (χ4n) is 13.8. The lowest BCUT2D eigenvalue weighted by Gasteiger charge is -2.21. The highest BCUT2D eigenvalue weighted by atomic mass is 31.2. The summed E-state index contributed by atoms with van der Waals surface area (Å²) >= 11 is 0. The Bertz CT molecular complexity index is 2030. The van der Waals surface area contributed by atoms with Gasteiger partial charge in [-0.1, -0.05) is 426 Å². The van der Waals surface area contributed by atoms with Crippen LogP contribution in [0, 0.1) is 5.92 Å². The van der Waals surface area contributed by atoms with Gasteiger partial charge in [-0.15, -0.1) is 0 Å². The molecule has 0 saturated carbocycles. The van der Waals surface area contributed by atoms with E-state index in [9.17, 15) is 43.2 Å². The Morgan fingerprint density at radius 1 is 0.252 bits per heavy atom. The van der Waals surface area contributed by atoms with E-state index in [0.29, 0.717) is 25.7 Å². The monoisotopic (exact) mass is 1560 g/mol. The predicted molar refractivity (Wildman–Crippen MR) is 442 cm³/mol. The maximum Gasteiger partial charge on any atom is 0.472 e. The first-order valence-corrected chi connectivity index (χ1v) is 48.6. The maximum absolute atomic E-state index is 13.2. The summed E-state index contributed by atoms with van der Waals surface area (Å²) in [6.45, 7) is 7.42. The molecule has 2 unspecified atom stereocenters. The molecule has 0 heterocycles. The van der Waals surface area contributed by atoms with Crippen LogP contribution in [-0.4, -0.2) is 96.7 Å².